The first-order valence-corrected chi connectivity index (χ1v) is 8.28. The van der Waals surface area contributed by atoms with Gasteiger partial charge in [0.15, 0.2) is 0 Å². The van der Waals surface area contributed by atoms with Gasteiger partial charge in [0.05, 0.1) is 15.3 Å². The van der Waals surface area contributed by atoms with Crippen LogP contribution in [0.15, 0.2) is 12.1 Å². The number of hydrogen-bond donors (Lipinski definition) is 1. The van der Waals surface area contributed by atoms with Crippen molar-refractivity contribution in [2.24, 2.45) is 5.92 Å². The van der Waals surface area contributed by atoms with Gasteiger partial charge in [0.2, 0.25) is 0 Å². The Kier molecular flexibility index (Phi) is 4.31. The Morgan fingerprint density at radius 1 is 1.35 bits per heavy atom. The van der Waals surface area contributed by atoms with Crippen LogP contribution in [-0.2, 0) is 0 Å². The first-order valence-electron chi connectivity index (χ1n) is 7.08. The largest absolute Gasteiger partial charge is 0.392 e. The zero-order valence-electron chi connectivity index (χ0n) is 11.3. The van der Waals surface area contributed by atoms with Gasteiger partial charge < -0.3 is 10.0 Å². The molecule has 1 atom stereocenters. The molecule has 1 N–H and O–H groups in total. The van der Waals surface area contributed by atoms with Crippen molar-refractivity contribution in [2.75, 3.05) is 32.7 Å². The summed E-state index contributed by atoms with van der Waals surface area (Å²) in [7, 11) is 0. The van der Waals surface area contributed by atoms with E-state index >= 15 is 0 Å². The van der Waals surface area contributed by atoms with Gasteiger partial charge in [-0.1, -0.05) is 11.6 Å². The molecule has 0 spiro atoms. The summed E-state index contributed by atoms with van der Waals surface area (Å²) in [5.41, 5.74) is 0. The van der Waals surface area contributed by atoms with Crippen LogP contribution >= 0.6 is 22.9 Å². The van der Waals surface area contributed by atoms with Gasteiger partial charge in [-0.15, -0.1) is 11.3 Å². The molecule has 6 heteroatoms. The summed E-state index contributed by atoms with van der Waals surface area (Å²) in [5.74, 6) is 0.590. The maximum absolute atomic E-state index is 12.3. The van der Waals surface area contributed by atoms with Gasteiger partial charge in [-0.3, -0.25) is 9.69 Å². The zero-order chi connectivity index (χ0) is 14.1. The first-order chi connectivity index (χ1) is 9.63. The molecule has 20 heavy (non-hydrogen) atoms. The van der Waals surface area contributed by atoms with Crippen LogP contribution in [0.1, 0.15) is 22.5 Å². The van der Waals surface area contributed by atoms with Crippen molar-refractivity contribution in [1.29, 1.82) is 0 Å². The monoisotopic (exact) mass is 314 g/mol. The van der Waals surface area contributed by atoms with E-state index in [0.717, 1.165) is 32.7 Å². The number of nitrogens with zero attached hydrogens (tertiary/aromatic N) is 2. The molecule has 2 fully saturated rings. The Morgan fingerprint density at radius 3 is 2.60 bits per heavy atom. The first kappa shape index (κ1) is 14.3. The molecular formula is C14H19ClN2O2S. The lowest BCUT2D eigenvalue weighted by Gasteiger charge is -2.35. The quantitative estimate of drug-likeness (QED) is 0.923. The maximum atomic E-state index is 12.3. The number of halogens is 1. The number of amides is 1. The van der Waals surface area contributed by atoms with Crippen LogP contribution in [0.3, 0.4) is 0 Å². The molecule has 2 aliphatic rings. The standard InChI is InChI=1S/C14H19ClN2O2S/c15-13-4-3-12(20-13)14(19)17-7-5-16(6-8-17)9-11(18)10-1-2-10/h3-4,10-11,18H,1-2,5-9H2/t11-/m0/s1. The predicted octanol–water partition coefficient (Wildman–Crippen LogP) is 1.93. The van der Waals surface area contributed by atoms with E-state index < -0.39 is 0 Å². The molecule has 4 nitrogen and oxygen atoms in total. The number of carbonyl (C=O) groups is 1. The third-order valence-electron chi connectivity index (χ3n) is 4.05. The van der Waals surface area contributed by atoms with E-state index in [4.69, 9.17) is 11.6 Å². The Balaban J connectivity index is 1.49. The Hall–Kier alpha value is -0.620. The van der Waals surface area contributed by atoms with Crippen molar-refractivity contribution >= 4 is 28.8 Å². The molecular weight excluding hydrogens is 296 g/mol. The van der Waals surface area contributed by atoms with Crippen molar-refractivity contribution < 1.29 is 9.90 Å². The van der Waals surface area contributed by atoms with E-state index in [1.165, 1.54) is 24.2 Å². The molecule has 1 aliphatic carbocycles. The van der Waals surface area contributed by atoms with Crippen LogP contribution < -0.4 is 0 Å². The van der Waals surface area contributed by atoms with Crippen molar-refractivity contribution in [1.82, 2.24) is 9.80 Å². The lowest BCUT2D eigenvalue weighted by Crippen LogP contribution is -2.50. The van der Waals surface area contributed by atoms with Crippen LogP contribution in [0, 0.1) is 5.92 Å². The van der Waals surface area contributed by atoms with Gasteiger partial charge in [-0.2, -0.15) is 0 Å². The van der Waals surface area contributed by atoms with Gasteiger partial charge >= 0.3 is 0 Å². The van der Waals surface area contributed by atoms with Gasteiger partial charge in [-0.05, 0) is 30.9 Å². The molecule has 1 amide bonds. The molecule has 0 radical (unpaired) electrons. The van der Waals surface area contributed by atoms with Crippen molar-refractivity contribution in [3.63, 3.8) is 0 Å². The fourth-order valence-electron chi connectivity index (χ4n) is 2.61. The fraction of sp³-hybridized carbons (Fsp3) is 0.643. The van der Waals surface area contributed by atoms with Crippen LogP contribution in [0.5, 0.6) is 0 Å². The third kappa shape index (κ3) is 3.34. The van der Waals surface area contributed by atoms with Gasteiger partial charge in [0.25, 0.3) is 5.91 Å². The highest BCUT2D eigenvalue weighted by molar-refractivity contribution is 7.17. The summed E-state index contributed by atoms with van der Waals surface area (Å²) in [6, 6.07) is 3.56. The van der Waals surface area contributed by atoms with E-state index in [1.807, 2.05) is 4.90 Å². The Labute approximate surface area is 127 Å². The highest BCUT2D eigenvalue weighted by Crippen LogP contribution is 2.33. The molecule has 1 saturated carbocycles. The summed E-state index contributed by atoms with van der Waals surface area (Å²) in [6.45, 7) is 3.89. The van der Waals surface area contributed by atoms with Gasteiger partial charge in [0, 0.05) is 32.7 Å². The third-order valence-corrected chi connectivity index (χ3v) is 5.27. The summed E-state index contributed by atoms with van der Waals surface area (Å²) < 4.78 is 0.652. The minimum absolute atomic E-state index is 0.0734. The average molecular weight is 315 g/mol. The number of carbonyl (C=O) groups excluding carboxylic acids is 1. The number of rotatable bonds is 4. The van der Waals surface area contributed by atoms with Crippen LogP contribution in [0.4, 0.5) is 0 Å². The van der Waals surface area contributed by atoms with E-state index in [1.54, 1.807) is 12.1 Å². The summed E-state index contributed by atoms with van der Waals surface area (Å²) >= 11 is 7.20. The number of thiophene rings is 1. The van der Waals surface area contributed by atoms with Crippen molar-refractivity contribution in [2.45, 2.75) is 18.9 Å². The second-order valence-corrected chi connectivity index (χ2v) is 7.32. The maximum Gasteiger partial charge on any atom is 0.264 e. The zero-order valence-corrected chi connectivity index (χ0v) is 12.9. The molecule has 0 unspecified atom stereocenters. The van der Waals surface area contributed by atoms with Gasteiger partial charge in [-0.25, -0.2) is 0 Å². The molecule has 3 rings (SSSR count). The Bertz CT molecular complexity index is 481. The smallest absolute Gasteiger partial charge is 0.264 e. The summed E-state index contributed by atoms with van der Waals surface area (Å²) in [5, 5.41) is 9.96. The predicted molar refractivity (Wildman–Crippen MR) is 80.4 cm³/mol. The molecule has 0 bridgehead atoms. The number of hydrogen-bond acceptors (Lipinski definition) is 4. The normalized spacial score (nSPS) is 22.0. The summed E-state index contributed by atoms with van der Waals surface area (Å²) in [4.78, 5) is 17.1. The number of aliphatic hydroxyl groups excluding tert-OH is 1. The highest BCUT2D eigenvalue weighted by Gasteiger charge is 2.32. The number of β-amino-alcohol motifs (C(OH)–C–C–N with tert-alkyl or cyclic N) is 1. The number of aliphatic hydroxyl groups is 1. The second-order valence-electron chi connectivity index (χ2n) is 5.60. The van der Waals surface area contributed by atoms with E-state index in [9.17, 15) is 9.90 Å². The minimum Gasteiger partial charge on any atom is -0.392 e. The SMILES string of the molecule is O=C(c1ccc(Cl)s1)N1CCN(C[C@H](O)C2CC2)CC1. The van der Waals surface area contributed by atoms with E-state index in [-0.39, 0.29) is 12.0 Å². The molecule has 1 aliphatic heterocycles. The molecule has 1 saturated heterocycles. The van der Waals surface area contributed by atoms with Crippen molar-refractivity contribution in [3.05, 3.63) is 21.3 Å². The molecule has 110 valence electrons. The average Bonchev–Trinajstić information content (AvgIpc) is 3.21. The number of piperazine rings is 1. The fourth-order valence-corrected chi connectivity index (χ4v) is 3.62. The van der Waals surface area contributed by atoms with Crippen LogP contribution in [-0.4, -0.2) is 59.6 Å². The van der Waals surface area contributed by atoms with Crippen LogP contribution in [0.25, 0.3) is 0 Å². The molecule has 1 aromatic heterocycles. The van der Waals surface area contributed by atoms with Gasteiger partial charge in [0.1, 0.15) is 0 Å². The lowest BCUT2D eigenvalue weighted by molar-refractivity contribution is 0.0492. The van der Waals surface area contributed by atoms with E-state index in [0.29, 0.717) is 15.1 Å². The summed E-state index contributed by atoms with van der Waals surface area (Å²) in [6.07, 6.45) is 2.14. The van der Waals surface area contributed by atoms with E-state index in [2.05, 4.69) is 4.90 Å². The van der Waals surface area contributed by atoms with Crippen molar-refractivity contribution in [3.8, 4) is 0 Å². The van der Waals surface area contributed by atoms with Crippen LogP contribution in [0.2, 0.25) is 4.34 Å². The lowest BCUT2D eigenvalue weighted by atomic mass is 10.2. The minimum atomic E-state index is -0.187. The molecule has 0 aromatic carbocycles. The Morgan fingerprint density at radius 2 is 2.05 bits per heavy atom. The topological polar surface area (TPSA) is 43.8 Å². The molecule has 1 aromatic rings. The second kappa shape index (κ2) is 6.02. The highest BCUT2D eigenvalue weighted by atomic mass is 35.5. The molecule has 2 heterocycles.